The van der Waals surface area contributed by atoms with E-state index in [2.05, 4.69) is 9.98 Å². The summed E-state index contributed by atoms with van der Waals surface area (Å²) in [6, 6.07) is 7.39. The molecule has 0 fully saturated rings. The Morgan fingerprint density at radius 1 is 1.15 bits per heavy atom. The Morgan fingerprint density at radius 3 is 2.54 bits per heavy atom. The van der Waals surface area contributed by atoms with Gasteiger partial charge in [-0.15, -0.1) is 0 Å². The van der Waals surface area contributed by atoms with Crippen LogP contribution in [0.5, 0.6) is 0 Å². The first-order valence-corrected chi connectivity index (χ1v) is 7.77. The zero-order valence-electron chi connectivity index (χ0n) is 13.5. The van der Waals surface area contributed by atoms with Crippen LogP contribution in [0.15, 0.2) is 47.6 Å². The van der Waals surface area contributed by atoms with E-state index in [1.807, 2.05) is 6.08 Å². The molecule has 0 spiro atoms. The number of aromatic nitrogens is 1. The molecule has 0 bridgehead atoms. The number of benzene rings is 1. The maximum absolute atomic E-state index is 12.7. The Morgan fingerprint density at radius 2 is 1.92 bits per heavy atom. The maximum Gasteiger partial charge on any atom is 0.433 e. The van der Waals surface area contributed by atoms with Crippen molar-refractivity contribution in [3.05, 3.63) is 70.6 Å². The number of hydrogen-bond donors (Lipinski definition) is 2. The molecule has 2 aromatic rings. The lowest BCUT2D eigenvalue weighted by Crippen LogP contribution is -2.24. The molecule has 26 heavy (non-hydrogen) atoms. The third kappa shape index (κ3) is 3.58. The molecule has 134 valence electrons. The highest BCUT2D eigenvalue weighted by atomic mass is 19.4. The van der Waals surface area contributed by atoms with Crippen molar-refractivity contribution in [2.24, 2.45) is 16.5 Å². The molecule has 1 aromatic heterocycles. The first-order valence-electron chi connectivity index (χ1n) is 7.77. The molecule has 5 nitrogen and oxygen atoms in total. The number of carbonyl (C=O) groups excluding carboxylic acids is 1. The number of carbonyl (C=O) groups is 1. The smallest absolute Gasteiger partial charge is 0.370 e. The minimum atomic E-state index is -4.49. The van der Waals surface area contributed by atoms with Gasteiger partial charge in [0.05, 0.1) is 0 Å². The molecule has 0 saturated carbocycles. The van der Waals surface area contributed by atoms with Crippen LogP contribution in [0.1, 0.15) is 39.2 Å². The van der Waals surface area contributed by atoms with Crippen LogP contribution in [0.2, 0.25) is 0 Å². The first kappa shape index (κ1) is 17.7. The lowest BCUT2D eigenvalue weighted by molar-refractivity contribution is -0.141. The third-order valence-electron chi connectivity index (χ3n) is 4.00. The number of nitrogens with two attached hydrogens (primary N) is 2. The number of amides is 1. The van der Waals surface area contributed by atoms with Crippen LogP contribution in [0.3, 0.4) is 0 Å². The number of pyridine rings is 1. The quantitative estimate of drug-likeness (QED) is 0.636. The van der Waals surface area contributed by atoms with Gasteiger partial charge in [0.25, 0.3) is 5.91 Å². The molecule has 0 atom stereocenters. The summed E-state index contributed by atoms with van der Waals surface area (Å²) in [7, 11) is 0. The molecule has 1 aliphatic carbocycles. The summed E-state index contributed by atoms with van der Waals surface area (Å²) in [5.74, 6) is -0.918. The van der Waals surface area contributed by atoms with Crippen LogP contribution in [0, 0.1) is 0 Å². The largest absolute Gasteiger partial charge is 0.433 e. The number of rotatable bonds is 2. The molecule has 1 heterocycles. The van der Waals surface area contributed by atoms with E-state index in [1.54, 1.807) is 18.2 Å². The summed E-state index contributed by atoms with van der Waals surface area (Å²) in [5, 5.41) is 0. The van der Waals surface area contributed by atoms with Gasteiger partial charge in [-0.25, -0.2) is 0 Å². The number of nitrogens with zero attached hydrogens (tertiary/aromatic N) is 2. The van der Waals surface area contributed by atoms with E-state index in [1.165, 1.54) is 12.3 Å². The monoisotopic (exact) mass is 360 g/mol. The normalized spacial score (nSPS) is 13.6. The van der Waals surface area contributed by atoms with Gasteiger partial charge in [-0.05, 0) is 47.7 Å². The molecule has 8 heteroatoms. The fraction of sp³-hybridized carbons (Fsp3) is 0.167. The molecule has 4 N–H and O–H groups in total. The summed E-state index contributed by atoms with van der Waals surface area (Å²) in [5.41, 5.74) is 12.8. The van der Waals surface area contributed by atoms with Crippen molar-refractivity contribution in [3.63, 3.8) is 0 Å². The van der Waals surface area contributed by atoms with Gasteiger partial charge >= 0.3 is 6.18 Å². The Labute approximate surface area is 147 Å². The van der Waals surface area contributed by atoms with Crippen LogP contribution in [0.4, 0.5) is 13.2 Å². The SMILES string of the molecule is NC(N)=NC(=O)c1ccc2c(c1)C(c1ccc(C(F)(F)F)nc1)=CCC2. The van der Waals surface area contributed by atoms with Gasteiger partial charge in [-0.2, -0.15) is 18.2 Å². The average molecular weight is 360 g/mol. The number of alkyl halides is 3. The van der Waals surface area contributed by atoms with Gasteiger partial charge in [0.2, 0.25) is 0 Å². The number of fused-ring (bicyclic) bond motifs is 1. The minimum Gasteiger partial charge on any atom is -0.370 e. The zero-order valence-corrected chi connectivity index (χ0v) is 13.5. The van der Waals surface area contributed by atoms with E-state index >= 15 is 0 Å². The highest BCUT2D eigenvalue weighted by molar-refractivity contribution is 6.02. The molecular weight excluding hydrogens is 345 g/mol. The zero-order chi connectivity index (χ0) is 18.9. The standard InChI is InChI=1S/C18H15F3N4O/c19-18(20,21)15-7-6-12(9-24-15)13-3-1-2-10-4-5-11(8-14(10)13)16(26)25-17(22)23/h3-9H,1-2H2,(H4,22,23,25,26). The summed E-state index contributed by atoms with van der Waals surface area (Å²) < 4.78 is 38.1. The number of aryl methyl sites for hydroxylation is 1. The predicted molar refractivity (Wildman–Crippen MR) is 91.2 cm³/mol. The molecule has 1 amide bonds. The van der Waals surface area contributed by atoms with Crippen molar-refractivity contribution < 1.29 is 18.0 Å². The molecule has 1 aromatic carbocycles. The third-order valence-corrected chi connectivity index (χ3v) is 4.00. The maximum atomic E-state index is 12.7. The highest BCUT2D eigenvalue weighted by Crippen LogP contribution is 2.34. The van der Waals surface area contributed by atoms with Crippen LogP contribution in [-0.2, 0) is 12.6 Å². The molecule has 0 radical (unpaired) electrons. The second-order valence-electron chi connectivity index (χ2n) is 5.80. The summed E-state index contributed by atoms with van der Waals surface area (Å²) in [6.45, 7) is 0. The lowest BCUT2D eigenvalue weighted by atomic mass is 9.86. The molecule has 0 unspecified atom stereocenters. The van der Waals surface area contributed by atoms with E-state index < -0.39 is 17.8 Å². The fourth-order valence-corrected chi connectivity index (χ4v) is 2.84. The second kappa shape index (κ2) is 6.62. The summed E-state index contributed by atoms with van der Waals surface area (Å²) in [4.78, 5) is 19.1. The summed E-state index contributed by atoms with van der Waals surface area (Å²) in [6.07, 6.45) is 0.126. The van der Waals surface area contributed by atoms with E-state index in [0.29, 0.717) is 11.1 Å². The van der Waals surface area contributed by atoms with Crippen molar-refractivity contribution >= 4 is 17.4 Å². The Hall–Kier alpha value is -3.16. The molecular formula is C18H15F3N4O. The van der Waals surface area contributed by atoms with E-state index in [0.717, 1.165) is 35.6 Å². The predicted octanol–water partition coefficient (Wildman–Crippen LogP) is 2.89. The topological polar surface area (TPSA) is 94.4 Å². The Bertz CT molecular complexity index is 911. The first-order chi connectivity index (χ1) is 12.3. The number of hydrogen-bond acceptors (Lipinski definition) is 2. The number of halogens is 3. The van der Waals surface area contributed by atoms with Crippen LogP contribution < -0.4 is 11.5 Å². The number of aliphatic imine (C=N–C) groups is 1. The highest BCUT2D eigenvalue weighted by Gasteiger charge is 2.32. The molecule has 1 aliphatic rings. The average Bonchev–Trinajstić information content (AvgIpc) is 2.59. The van der Waals surface area contributed by atoms with E-state index in [-0.39, 0.29) is 5.96 Å². The summed E-state index contributed by atoms with van der Waals surface area (Å²) >= 11 is 0. The van der Waals surface area contributed by atoms with Gasteiger partial charge < -0.3 is 11.5 Å². The van der Waals surface area contributed by atoms with Gasteiger partial charge in [0, 0.05) is 17.3 Å². The molecule has 0 saturated heterocycles. The van der Waals surface area contributed by atoms with Gasteiger partial charge in [0.15, 0.2) is 5.96 Å². The molecule has 0 aliphatic heterocycles. The lowest BCUT2D eigenvalue weighted by Gasteiger charge is -2.19. The van der Waals surface area contributed by atoms with Crippen molar-refractivity contribution in [1.82, 2.24) is 4.98 Å². The van der Waals surface area contributed by atoms with E-state index in [4.69, 9.17) is 11.5 Å². The second-order valence-corrected chi connectivity index (χ2v) is 5.80. The van der Waals surface area contributed by atoms with Gasteiger partial charge in [-0.1, -0.05) is 18.2 Å². The van der Waals surface area contributed by atoms with E-state index in [9.17, 15) is 18.0 Å². The van der Waals surface area contributed by atoms with Gasteiger partial charge in [0.1, 0.15) is 5.69 Å². The number of allylic oxidation sites excluding steroid dienone is 1. The van der Waals surface area contributed by atoms with Crippen molar-refractivity contribution in [2.45, 2.75) is 19.0 Å². The molecule has 3 rings (SSSR count). The van der Waals surface area contributed by atoms with Crippen molar-refractivity contribution in [3.8, 4) is 0 Å². The van der Waals surface area contributed by atoms with Gasteiger partial charge in [-0.3, -0.25) is 9.78 Å². The van der Waals surface area contributed by atoms with Crippen molar-refractivity contribution in [1.29, 1.82) is 0 Å². The number of guanidine groups is 1. The Kier molecular flexibility index (Phi) is 4.50. The van der Waals surface area contributed by atoms with Crippen LogP contribution in [-0.4, -0.2) is 16.9 Å². The van der Waals surface area contributed by atoms with Crippen LogP contribution >= 0.6 is 0 Å². The fourth-order valence-electron chi connectivity index (χ4n) is 2.84. The Balaban J connectivity index is 2.00. The van der Waals surface area contributed by atoms with Crippen molar-refractivity contribution in [2.75, 3.05) is 0 Å². The minimum absolute atomic E-state index is 0.296. The van der Waals surface area contributed by atoms with Crippen LogP contribution in [0.25, 0.3) is 5.57 Å².